The van der Waals surface area contributed by atoms with Gasteiger partial charge in [0.15, 0.2) is 0 Å². The van der Waals surface area contributed by atoms with Gasteiger partial charge in [0.25, 0.3) is 0 Å². The third-order valence-electron chi connectivity index (χ3n) is 3.02. The highest BCUT2D eigenvalue weighted by Gasteiger charge is 2.21. The normalized spacial score (nSPS) is 11.8. The predicted octanol–water partition coefficient (Wildman–Crippen LogP) is 2.04. The van der Waals surface area contributed by atoms with E-state index in [0.29, 0.717) is 11.3 Å². The Morgan fingerprint density at radius 1 is 1.24 bits per heavy atom. The average Bonchev–Trinajstić information content (AvgIpc) is 2.84. The van der Waals surface area contributed by atoms with Crippen LogP contribution in [-0.2, 0) is 16.6 Å². The first-order valence-corrected chi connectivity index (χ1v) is 8.07. The van der Waals surface area contributed by atoms with Crippen LogP contribution in [0.4, 0.5) is 0 Å². The monoisotopic (exact) mass is 324 g/mol. The van der Waals surface area contributed by atoms with E-state index < -0.39 is 10.0 Å². The number of furan rings is 1. The second-order valence-corrected chi connectivity index (χ2v) is 7.15. The zero-order chi connectivity index (χ0) is 15.6. The van der Waals surface area contributed by atoms with Gasteiger partial charge in [-0.25, -0.2) is 8.42 Å². The number of thiocarbonyl (C=S) groups is 1. The SMILES string of the molecule is Cc1ccc(CN(C)S(=O)(=O)c2ccc(C(N)=S)cc2)o1. The van der Waals surface area contributed by atoms with Crippen LogP contribution in [0.1, 0.15) is 17.1 Å². The first-order valence-electron chi connectivity index (χ1n) is 6.22. The Morgan fingerprint density at radius 2 is 1.86 bits per heavy atom. The zero-order valence-electron chi connectivity index (χ0n) is 11.7. The number of rotatable bonds is 5. The van der Waals surface area contributed by atoms with E-state index in [2.05, 4.69) is 0 Å². The van der Waals surface area contributed by atoms with Crippen LogP contribution >= 0.6 is 12.2 Å². The molecule has 2 N–H and O–H groups in total. The van der Waals surface area contributed by atoms with E-state index in [9.17, 15) is 8.42 Å². The van der Waals surface area contributed by atoms with E-state index in [4.69, 9.17) is 22.4 Å². The maximum Gasteiger partial charge on any atom is 0.243 e. The summed E-state index contributed by atoms with van der Waals surface area (Å²) in [5.74, 6) is 1.34. The highest BCUT2D eigenvalue weighted by Crippen LogP contribution is 2.18. The molecule has 1 aromatic heterocycles. The van der Waals surface area contributed by atoms with Gasteiger partial charge in [0.05, 0.1) is 11.4 Å². The molecule has 0 aliphatic carbocycles. The fourth-order valence-corrected chi connectivity index (χ4v) is 3.12. The summed E-state index contributed by atoms with van der Waals surface area (Å²) in [5, 5.41) is 0. The number of nitrogens with two attached hydrogens (primary N) is 1. The Morgan fingerprint density at radius 3 is 2.33 bits per heavy atom. The summed E-state index contributed by atoms with van der Waals surface area (Å²) in [4.78, 5) is 0.423. The van der Waals surface area contributed by atoms with Crippen LogP contribution in [0.25, 0.3) is 0 Å². The molecular weight excluding hydrogens is 308 g/mol. The molecule has 7 heteroatoms. The van der Waals surface area contributed by atoms with Crippen LogP contribution < -0.4 is 5.73 Å². The number of sulfonamides is 1. The average molecular weight is 324 g/mol. The molecule has 112 valence electrons. The molecule has 21 heavy (non-hydrogen) atoms. The Labute approximate surface area is 129 Å². The molecule has 0 aliphatic heterocycles. The fraction of sp³-hybridized carbons (Fsp3) is 0.214. The highest BCUT2D eigenvalue weighted by molar-refractivity contribution is 7.89. The lowest BCUT2D eigenvalue weighted by Gasteiger charge is -2.16. The fourth-order valence-electron chi connectivity index (χ4n) is 1.85. The van der Waals surface area contributed by atoms with Crippen molar-refractivity contribution in [2.24, 2.45) is 5.73 Å². The lowest BCUT2D eigenvalue weighted by molar-refractivity contribution is 0.397. The van der Waals surface area contributed by atoms with Gasteiger partial charge in [0.1, 0.15) is 16.5 Å². The Kier molecular flexibility index (Phi) is 4.46. The number of hydrogen-bond donors (Lipinski definition) is 1. The minimum absolute atomic E-state index is 0.174. The number of aryl methyl sites for hydroxylation is 1. The number of nitrogens with zero attached hydrogens (tertiary/aromatic N) is 1. The molecule has 1 aromatic carbocycles. The van der Waals surface area contributed by atoms with Gasteiger partial charge in [-0.3, -0.25) is 0 Å². The van der Waals surface area contributed by atoms with Crippen molar-refractivity contribution in [1.82, 2.24) is 4.31 Å². The number of hydrogen-bond acceptors (Lipinski definition) is 4. The first kappa shape index (κ1) is 15.7. The summed E-state index contributed by atoms with van der Waals surface area (Å²) in [5.41, 5.74) is 6.13. The van der Waals surface area contributed by atoms with Gasteiger partial charge in [-0.05, 0) is 31.2 Å². The molecule has 2 aromatic rings. The van der Waals surface area contributed by atoms with Gasteiger partial charge < -0.3 is 10.2 Å². The molecule has 0 saturated carbocycles. The van der Waals surface area contributed by atoms with E-state index in [1.165, 1.54) is 23.5 Å². The van der Waals surface area contributed by atoms with Gasteiger partial charge in [-0.15, -0.1) is 0 Å². The molecule has 1 heterocycles. The molecule has 0 unspecified atom stereocenters. The van der Waals surface area contributed by atoms with E-state index in [0.717, 1.165) is 5.76 Å². The van der Waals surface area contributed by atoms with Crippen LogP contribution in [-0.4, -0.2) is 24.8 Å². The molecule has 0 amide bonds. The van der Waals surface area contributed by atoms with Crippen LogP contribution in [0.5, 0.6) is 0 Å². The third kappa shape index (κ3) is 3.49. The van der Waals surface area contributed by atoms with Crippen molar-refractivity contribution in [2.45, 2.75) is 18.4 Å². The molecule has 0 aliphatic rings. The minimum Gasteiger partial charge on any atom is -0.465 e. The van der Waals surface area contributed by atoms with E-state index in [-0.39, 0.29) is 16.4 Å². The molecule has 0 atom stereocenters. The van der Waals surface area contributed by atoms with Crippen molar-refractivity contribution in [1.29, 1.82) is 0 Å². The second kappa shape index (κ2) is 5.97. The van der Waals surface area contributed by atoms with E-state index in [1.54, 1.807) is 24.3 Å². The summed E-state index contributed by atoms with van der Waals surface area (Å²) in [6.07, 6.45) is 0. The maximum absolute atomic E-state index is 12.4. The van der Waals surface area contributed by atoms with Gasteiger partial charge in [-0.2, -0.15) is 4.31 Å². The van der Waals surface area contributed by atoms with Crippen LogP contribution in [0.15, 0.2) is 45.7 Å². The van der Waals surface area contributed by atoms with E-state index >= 15 is 0 Å². The lowest BCUT2D eigenvalue weighted by Crippen LogP contribution is -2.26. The van der Waals surface area contributed by atoms with Crippen LogP contribution in [0.2, 0.25) is 0 Å². The van der Waals surface area contributed by atoms with Crippen molar-refractivity contribution in [3.63, 3.8) is 0 Å². The van der Waals surface area contributed by atoms with Gasteiger partial charge in [0.2, 0.25) is 10.0 Å². The van der Waals surface area contributed by atoms with Crippen molar-refractivity contribution in [2.75, 3.05) is 7.05 Å². The summed E-state index contributed by atoms with van der Waals surface area (Å²) >= 11 is 4.84. The lowest BCUT2D eigenvalue weighted by atomic mass is 10.2. The molecular formula is C14H16N2O3S2. The van der Waals surface area contributed by atoms with Gasteiger partial charge >= 0.3 is 0 Å². The van der Waals surface area contributed by atoms with Crippen molar-refractivity contribution < 1.29 is 12.8 Å². The standard InChI is InChI=1S/C14H16N2O3S2/c1-10-3-6-12(19-10)9-16(2)21(17,18)13-7-4-11(5-8-13)14(15)20/h3-8H,9H2,1-2H3,(H2,15,20). The minimum atomic E-state index is -3.58. The summed E-state index contributed by atoms with van der Waals surface area (Å²) in [6.45, 7) is 1.99. The number of benzene rings is 1. The Hall–Kier alpha value is -1.70. The largest absolute Gasteiger partial charge is 0.465 e. The zero-order valence-corrected chi connectivity index (χ0v) is 13.4. The summed E-state index contributed by atoms with van der Waals surface area (Å²) in [7, 11) is -2.07. The maximum atomic E-state index is 12.4. The topological polar surface area (TPSA) is 76.5 Å². The Balaban J connectivity index is 2.22. The smallest absolute Gasteiger partial charge is 0.243 e. The second-order valence-electron chi connectivity index (χ2n) is 4.66. The molecule has 0 radical (unpaired) electrons. The van der Waals surface area contributed by atoms with Crippen molar-refractivity contribution in [3.05, 3.63) is 53.5 Å². The van der Waals surface area contributed by atoms with E-state index in [1.807, 2.05) is 6.92 Å². The Bertz CT molecular complexity index is 749. The van der Waals surface area contributed by atoms with Crippen LogP contribution in [0.3, 0.4) is 0 Å². The molecule has 0 saturated heterocycles. The molecule has 2 rings (SSSR count). The van der Waals surface area contributed by atoms with Crippen LogP contribution in [0, 0.1) is 6.92 Å². The molecule has 0 bridgehead atoms. The molecule has 0 spiro atoms. The molecule has 0 fully saturated rings. The molecule has 5 nitrogen and oxygen atoms in total. The van der Waals surface area contributed by atoms with Crippen molar-refractivity contribution >= 4 is 27.2 Å². The quantitative estimate of drug-likeness (QED) is 0.852. The predicted molar refractivity (Wildman–Crippen MR) is 84.4 cm³/mol. The first-order chi connectivity index (χ1) is 9.80. The summed E-state index contributed by atoms with van der Waals surface area (Å²) in [6, 6.07) is 9.74. The third-order valence-corrected chi connectivity index (χ3v) is 5.07. The van der Waals surface area contributed by atoms with Gasteiger partial charge in [-0.1, -0.05) is 24.4 Å². The summed E-state index contributed by atoms with van der Waals surface area (Å²) < 4.78 is 31.5. The van der Waals surface area contributed by atoms with Gasteiger partial charge in [0, 0.05) is 12.6 Å². The van der Waals surface area contributed by atoms with Crippen molar-refractivity contribution in [3.8, 4) is 0 Å². The highest BCUT2D eigenvalue weighted by atomic mass is 32.2.